The van der Waals surface area contributed by atoms with Crippen molar-refractivity contribution in [2.45, 2.75) is 50.6 Å². The first-order valence-electron chi connectivity index (χ1n) is 5.98. The summed E-state index contributed by atoms with van der Waals surface area (Å²) in [5, 5.41) is 12.4. The quantitative estimate of drug-likeness (QED) is 0.766. The topological polar surface area (TPSA) is 39.1 Å². The molecule has 0 aromatic carbocycles. The van der Waals surface area contributed by atoms with Gasteiger partial charge in [-0.1, -0.05) is 6.92 Å². The molecule has 1 aliphatic rings. The zero-order valence-electron chi connectivity index (χ0n) is 10.2. The molecule has 1 fully saturated rings. The van der Waals surface area contributed by atoms with Crippen LogP contribution >= 0.6 is 0 Å². The molecule has 0 radical (unpaired) electrons. The summed E-state index contributed by atoms with van der Waals surface area (Å²) in [6.07, 6.45) is 5.55. The Hall–Kier alpha value is -0.590. The molecule has 0 aliphatic heterocycles. The lowest BCUT2D eigenvalue weighted by atomic mass is 9.79. The van der Waals surface area contributed by atoms with Crippen LogP contribution < -0.4 is 5.32 Å². The van der Waals surface area contributed by atoms with Crippen molar-refractivity contribution in [3.05, 3.63) is 0 Å². The van der Waals surface area contributed by atoms with Crippen LogP contribution in [0.5, 0.6) is 0 Å². The monoisotopic (exact) mass is 209 g/mol. The fourth-order valence-electron chi connectivity index (χ4n) is 2.54. The minimum Gasteiger partial charge on any atom is -0.303 e. The summed E-state index contributed by atoms with van der Waals surface area (Å²) in [6, 6.07) is 3.03. The van der Waals surface area contributed by atoms with Crippen molar-refractivity contribution >= 4 is 0 Å². The predicted molar refractivity (Wildman–Crippen MR) is 62.6 cm³/mol. The van der Waals surface area contributed by atoms with Crippen LogP contribution in [0, 0.1) is 11.3 Å². The van der Waals surface area contributed by atoms with Crippen molar-refractivity contribution in [3.8, 4) is 6.07 Å². The van der Waals surface area contributed by atoms with Crippen LogP contribution in [0.25, 0.3) is 0 Å². The van der Waals surface area contributed by atoms with Crippen LogP contribution in [0.2, 0.25) is 0 Å². The van der Waals surface area contributed by atoms with Gasteiger partial charge in [-0.25, -0.2) is 0 Å². The Morgan fingerprint density at radius 2 is 2.33 bits per heavy atom. The molecule has 1 rings (SSSR count). The Bertz CT molecular complexity index is 234. The van der Waals surface area contributed by atoms with Crippen molar-refractivity contribution < 1.29 is 0 Å². The molecule has 0 aromatic heterocycles. The van der Waals surface area contributed by atoms with Gasteiger partial charge in [-0.3, -0.25) is 0 Å². The summed E-state index contributed by atoms with van der Waals surface area (Å²) in [6.45, 7) is 3.34. The van der Waals surface area contributed by atoms with Gasteiger partial charge in [-0.15, -0.1) is 0 Å². The van der Waals surface area contributed by atoms with Crippen molar-refractivity contribution in [2.24, 2.45) is 0 Å². The van der Waals surface area contributed by atoms with E-state index in [4.69, 9.17) is 0 Å². The average molecular weight is 209 g/mol. The number of nitrogens with one attached hydrogen (secondary N) is 1. The summed E-state index contributed by atoms with van der Waals surface area (Å²) >= 11 is 0. The lowest BCUT2D eigenvalue weighted by Crippen LogP contribution is -2.50. The Labute approximate surface area is 93.5 Å². The first kappa shape index (κ1) is 12.5. The normalized spacial score (nSPS) is 31.5. The second-order valence-electron chi connectivity index (χ2n) is 4.67. The van der Waals surface area contributed by atoms with Crippen LogP contribution in [-0.2, 0) is 0 Å². The summed E-state index contributed by atoms with van der Waals surface area (Å²) in [4.78, 5) is 2.41. The molecule has 1 saturated carbocycles. The zero-order chi connectivity index (χ0) is 11.3. The largest absolute Gasteiger partial charge is 0.303 e. The zero-order valence-corrected chi connectivity index (χ0v) is 10.2. The fraction of sp³-hybridized carbons (Fsp3) is 0.917. The smallest absolute Gasteiger partial charge is 0.108 e. The maximum atomic E-state index is 9.24. The first-order valence-corrected chi connectivity index (χ1v) is 5.98. The Kier molecular flexibility index (Phi) is 4.56. The van der Waals surface area contributed by atoms with Crippen LogP contribution in [0.15, 0.2) is 0 Å². The SMILES string of the molecule is CCCN(C)C1CCCC(C#N)(NC)C1. The minimum absolute atomic E-state index is 0.273. The van der Waals surface area contributed by atoms with Gasteiger partial charge in [0.25, 0.3) is 0 Å². The van der Waals surface area contributed by atoms with E-state index in [0.29, 0.717) is 6.04 Å². The van der Waals surface area contributed by atoms with E-state index in [1.807, 2.05) is 7.05 Å². The molecule has 15 heavy (non-hydrogen) atoms. The maximum Gasteiger partial charge on any atom is 0.108 e. The lowest BCUT2D eigenvalue weighted by molar-refractivity contribution is 0.148. The van der Waals surface area contributed by atoms with Crippen molar-refractivity contribution in [1.29, 1.82) is 5.26 Å². The van der Waals surface area contributed by atoms with Crippen molar-refractivity contribution in [2.75, 3.05) is 20.6 Å². The molecule has 86 valence electrons. The number of hydrogen-bond acceptors (Lipinski definition) is 3. The molecule has 2 unspecified atom stereocenters. The molecule has 1 N–H and O–H groups in total. The van der Waals surface area contributed by atoms with E-state index < -0.39 is 0 Å². The Balaban J connectivity index is 2.59. The van der Waals surface area contributed by atoms with Crippen molar-refractivity contribution in [1.82, 2.24) is 10.2 Å². The molecule has 0 amide bonds. The highest BCUT2D eigenvalue weighted by atomic mass is 15.1. The summed E-state index contributed by atoms with van der Waals surface area (Å²) < 4.78 is 0. The van der Waals surface area contributed by atoms with Gasteiger partial charge in [0, 0.05) is 6.04 Å². The molecule has 0 spiro atoms. The summed E-state index contributed by atoms with van der Waals surface area (Å²) in [5.41, 5.74) is -0.273. The molecule has 0 aromatic rings. The number of nitriles is 1. The summed E-state index contributed by atoms with van der Waals surface area (Å²) in [5.74, 6) is 0. The van der Waals surface area contributed by atoms with E-state index in [-0.39, 0.29) is 5.54 Å². The molecule has 2 atom stereocenters. The highest BCUT2D eigenvalue weighted by Crippen LogP contribution is 2.30. The highest BCUT2D eigenvalue weighted by Gasteiger charge is 2.36. The second kappa shape index (κ2) is 5.48. The van der Waals surface area contributed by atoms with Gasteiger partial charge in [0.2, 0.25) is 0 Å². The van der Waals surface area contributed by atoms with Gasteiger partial charge in [0.05, 0.1) is 6.07 Å². The molecular weight excluding hydrogens is 186 g/mol. The van der Waals surface area contributed by atoms with Gasteiger partial charge in [0.15, 0.2) is 0 Å². The molecule has 0 bridgehead atoms. The van der Waals surface area contributed by atoms with Gasteiger partial charge >= 0.3 is 0 Å². The second-order valence-corrected chi connectivity index (χ2v) is 4.67. The van der Waals surface area contributed by atoms with Gasteiger partial charge < -0.3 is 10.2 Å². The van der Waals surface area contributed by atoms with Crippen LogP contribution in [-0.4, -0.2) is 37.1 Å². The predicted octanol–water partition coefficient (Wildman–Crippen LogP) is 1.75. The van der Waals surface area contributed by atoms with E-state index in [2.05, 4.69) is 30.3 Å². The fourth-order valence-corrected chi connectivity index (χ4v) is 2.54. The third-order valence-electron chi connectivity index (χ3n) is 3.62. The summed E-state index contributed by atoms with van der Waals surface area (Å²) in [7, 11) is 4.09. The third kappa shape index (κ3) is 2.93. The van der Waals surface area contributed by atoms with Gasteiger partial charge in [-0.05, 0) is 52.7 Å². The van der Waals surface area contributed by atoms with E-state index >= 15 is 0 Å². The highest BCUT2D eigenvalue weighted by molar-refractivity contribution is 5.10. The molecular formula is C12H23N3. The average Bonchev–Trinajstić information content (AvgIpc) is 2.29. The number of nitrogens with zero attached hydrogens (tertiary/aromatic N) is 2. The first-order chi connectivity index (χ1) is 7.17. The van der Waals surface area contributed by atoms with Gasteiger partial charge in [-0.2, -0.15) is 5.26 Å². The van der Waals surface area contributed by atoms with Crippen LogP contribution in [0.3, 0.4) is 0 Å². The van der Waals surface area contributed by atoms with E-state index in [1.54, 1.807) is 0 Å². The number of rotatable bonds is 4. The molecule has 3 heteroatoms. The molecule has 3 nitrogen and oxygen atoms in total. The van der Waals surface area contributed by atoms with Crippen LogP contribution in [0.4, 0.5) is 0 Å². The Morgan fingerprint density at radius 1 is 1.60 bits per heavy atom. The third-order valence-corrected chi connectivity index (χ3v) is 3.62. The van der Waals surface area contributed by atoms with E-state index in [1.165, 1.54) is 12.8 Å². The van der Waals surface area contributed by atoms with Crippen LogP contribution in [0.1, 0.15) is 39.0 Å². The molecule has 0 saturated heterocycles. The van der Waals surface area contributed by atoms with Crippen molar-refractivity contribution in [3.63, 3.8) is 0 Å². The van der Waals surface area contributed by atoms with E-state index in [9.17, 15) is 5.26 Å². The number of hydrogen-bond donors (Lipinski definition) is 1. The standard InChI is InChI=1S/C12H23N3/c1-4-8-15(3)11-6-5-7-12(9-11,10-13)14-2/h11,14H,4-9H2,1-3H3. The van der Waals surface area contributed by atoms with E-state index in [0.717, 1.165) is 25.8 Å². The maximum absolute atomic E-state index is 9.24. The lowest BCUT2D eigenvalue weighted by Gasteiger charge is -2.39. The molecule has 1 aliphatic carbocycles. The minimum atomic E-state index is -0.273. The van der Waals surface area contributed by atoms with Gasteiger partial charge in [0.1, 0.15) is 5.54 Å². The Morgan fingerprint density at radius 3 is 2.87 bits per heavy atom. The molecule has 0 heterocycles.